The van der Waals surface area contributed by atoms with Crippen molar-refractivity contribution in [1.29, 1.82) is 0 Å². The number of aromatic nitrogens is 2. The van der Waals surface area contributed by atoms with Crippen LogP contribution in [0.2, 0.25) is 0 Å². The second-order valence-corrected chi connectivity index (χ2v) is 19.3. The number of aliphatic hydroxyl groups is 2. The van der Waals surface area contributed by atoms with Gasteiger partial charge in [0.2, 0.25) is 11.8 Å². The number of hydrogen-bond donors (Lipinski definition) is 4. The molecule has 6 heterocycles. The fraction of sp³-hybridized carbons (Fsp3) is 0.444. The molecule has 4 bridgehead atoms. The molecule has 2 aromatic carbocycles. The minimum atomic E-state index is -0.811. The fourth-order valence-corrected chi connectivity index (χ4v) is 11.0. The molecule has 8 atom stereocenters. The van der Waals surface area contributed by atoms with Crippen LogP contribution in [0.1, 0.15) is 82.0 Å². The van der Waals surface area contributed by atoms with E-state index in [-0.39, 0.29) is 60.4 Å². The smallest absolute Gasteiger partial charge is 0.258 e. The van der Waals surface area contributed by atoms with Crippen LogP contribution in [0.5, 0.6) is 0 Å². The normalized spacial score (nSPS) is 22.8. The molecule has 2 fully saturated rings. The molecule has 4 aromatic rings. The molecule has 18 heteroatoms. The van der Waals surface area contributed by atoms with Crippen LogP contribution in [0, 0.1) is 35.3 Å². The van der Waals surface area contributed by atoms with Gasteiger partial charge in [-0.05, 0) is 117 Å². The summed E-state index contributed by atoms with van der Waals surface area (Å²) >= 11 is 0. The second kappa shape index (κ2) is 23.3. The van der Waals surface area contributed by atoms with E-state index >= 15 is 0 Å². The number of carbonyl (C=O) groups is 4. The number of benzene rings is 2. The molecule has 384 valence electrons. The predicted molar refractivity (Wildman–Crippen MR) is 270 cm³/mol. The van der Waals surface area contributed by atoms with Crippen LogP contribution in [0.15, 0.2) is 94.5 Å². The summed E-state index contributed by atoms with van der Waals surface area (Å²) in [6, 6.07) is 15.4. The van der Waals surface area contributed by atoms with E-state index in [0.717, 1.165) is 25.9 Å². The van der Waals surface area contributed by atoms with Gasteiger partial charge in [-0.2, -0.15) is 0 Å². The number of hydrogen-bond acceptors (Lipinski definition) is 10. The summed E-state index contributed by atoms with van der Waals surface area (Å²) in [5.41, 5.74) is 1.39. The number of halogens is 2. The van der Waals surface area contributed by atoms with Crippen LogP contribution < -0.4 is 21.8 Å². The van der Waals surface area contributed by atoms with Gasteiger partial charge in [0.1, 0.15) is 11.6 Å². The third kappa shape index (κ3) is 10.5. The van der Waals surface area contributed by atoms with Crippen molar-refractivity contribution >= 4 is 35.8 Å². The first kappa shape index (κ1) is 53.2. The molecular formula is C54H66F2N8O8. The molecule has 2 saturated heterocycles. The van der Waals surface area contributed by atoms with Gasteiger partial charge in [-0.3, -0.25) is 28.8 Å². The van der Waals surface area contributed by atoms with Crippen LogP contribution in [-0.4, -0.2) is 142 Å². The third-order valence-electron chi connectivity index (χ3n) is 14.3. The molecule has 4 N–H and O–H groups in total. The summed E-state index contributed by atoms with van der Waals surface area (Å²) < 4.78 is 32.4. The summed E-state index contributed by atoms with van der Waals surface area (Å²) in [6.45, 7) is 5.66. The highest BCUT2D eigenvalue weighted by atomic mass is 19.1. The highest BCUT2D eigenvalue weighted by Gasteiger charge is 2.59. The van der Waals surface area contributed by atoms with Crippen molar-refractivity contribution in [2.45, 2.75) is 63.9 Å². The highest BCUT2D eigenvalue weighted by molar-refractivity contribution is 5.97. The lowest BCUT2D eigenvalue weighted by atomic mass is 9.86. The van der Waals surface area contributed by atoms with E-state index < -0.39 is 71.3 Å². The van der Waals surface area contributed by atoms with Gasteiger partial charge in [-0.1, -0.05) is 48.6 Å². The topological polar surface area (TPSA) is 190 Å². The Morgan fingerprint density at radius 2 is 0.986 bits per heavy atom. The summed E-state index contributed by atoms with van der Waals surface area (Å²) in [4.78, 5) is 87.9. The molecule has 0 saturated carbocycles. The van der Waals surface area contributed by atoms with Crippen LogP contribution in [0.4, 0.5) is 8.78 Å². The van der Waals surface area contributed by atoms with E-state index in [1.54, 1.807) is 69.8 Å². The van der Waals surface area contributed by atoms with Gasteiger partial charge in [0.15, 0.2) is 0 Å². The van der Waals surface area contributed by atoms with E-state index in [4.69, 9.17) is 0 Å². The van der Waals surface area contributed by atoms with E-state index in [9.17, 15) is 47.8 Å². The first-order chi connectivity index (χ1) is 34.6. The molecule has 0 spiro atoms. The highest BCUT2D eigenvalue weighted by Crippen LogP contribution is 2.50. The zero-order chi connectivity index (χ0) is 52.0. The summed E-state index contributed by atoms with van der Waals surface area (Å²) in [6.07, 6.45) is 8.46. The first-order valence-electron chi connectivity index (χ1n) is 24.5. The molecular weight excluding hydrogens is 927 g/mol. The fourth-order valence-electron chi connectivity index (χ4n) is 11.0. The second-order valence-electron chi connectivity index (χ2n) is 19.3. The van der Waals surface area contributed by atoms with Gasteiger partial charge in [-0.25, -0.2) is 8.78 Å². The number of allylic oxidation sites excluding steroid dienone is 2. The third-order valence-corrected chi connectivity index (χ3v) is 14.3. The minimum absolute atomic E-state index is 0.0995. The number of nitrogens with zero attached hydrogens (tertiary/aromatic N) is 6. The van der Waals surface area contributed by atoms with Gasteiger partial charge >= 0.3 is 0 Å². The number of amides is 4. The first-order valence-corrected chi connectivity index (χ1v) is 24.5. The average Bonchev–Trinajstić information content (AvgIpc) is 3.75. The zero-order valence-corrected chi connectivity index (χ0v) is 41.7. The number of pyridine rings is 2. The van der Waals surface area contributed by atoms with E-state index in [1.165, 1.54) is 46.2 Å². The van der Waals surface area contributed by atoms with Crippen molar-refractivity contribution in [2.24, 2.45) is 23.7 Å². The maximum Gasteiger partial charge on any atom is 0.258 e. The minimum Gasteiger partial charge on any atom is -0.396 e. The Morgan fingerprint density at radius 1 is 0.611 bits per heavy atom. The van der Waals surface area contributed by atoms with Crippen molar-refractivity contribution in [3.63, 3.8) is 0 Å². The Hall–Kier alpha value is -6.60. The Labute approximate surface area is 418 Å². The molecule has 0 aliphatic carbocycles. The van der Waals surface area contributed by atoms with Crippen molar-refractivity contribution in [3.05, 3.63) is 151 Å². The van der Waals surface area contributed by atoms with Gasteiger partial charge in [-0.15, -0.1) is 0 Å². The molecule has 4 amide bonds. The lowest BCUT2D eigenvalue weighted by molar-refractivity contribution is -0.128. The van der Waals surface area contributed by atoms with Crippen LogP contribution in [-0.2, 0) is 22.7 Å². The quantitative estimate of drug-likeness (QED) is 0.120. The maximum atomic E-state index is 14.6. The summed E-state index contributed by atoms with van der Waals surface area (Å²) in [5, 5.41) is 26.7. The zero-order valence-electron chi connectivity index (χ0n) is 41.7. The van der Waals surface area contributed by atoms with Gasteiger partial charge in [0.25, 0.3) is 22.9 Å². The summed E-state index contributed by atoms with van der Waals surface area (Å²) in [7, 11) is 7.80. The van der Waals surface area contributed by atoms with Crippen LogP contribution >= 0.6 is 0 Å². The molecule has 8 rings (SSSR count). The number of nitrogens with one attached hydrogen (secondary N) is 2. The number of fused-ring (bicyclic) bond motifs is 8. The monoisotopic (exact) mass is 992 g/mol. The lowest BCUT2D eigenvalue weighted by Crippen LogP contribution is -2.49. The van der Waals surface area contributed by atoms with Gasteiger partial charge in [0, 0.05) is 73.7 Å². The Bertz CT molecular complexity index is 2640. The summed E-state index contributed by atoms with van der Waals surface area (Å²) in [5.74, 6) is -5.77. The molecule has 72 heavy (non-hydrogen) atoms. The Kier molecular flexibility index (Phi) is 17.2. The number of carbonyl (C=O) groups excluding carboxylic acids is 4. The molecule has 4 aliphatic heterocycles. The van der Waals surface area contributed by atoms with Gasteiger partial charge in [0.05, 0.1) is 47.1 Å². The van der Waals surface area contributed by atoms with Crippen LogP contribution in [0.3, 0.4) is 0 Å². The Morgan fingerprint density at radius 3 is 1.32 bits per heavy atom. The van der Waals surface area contributed by atoms with E-state index in [0.29, 0.717) is 35.6 Å². The standard InChI is InChI=1S/2C27H33FN4O4/c2*1-4-8-17-11-12-21-24-23(25(34)29-13-7-14-30(2)3)19(16-33)22(15-31(21)26(17)35)32(24)27(36)18-9-5-6-10-20(18)28/h2*4-6,8-12,19,22-24,33H,7,13-16H2,1-3H3,(H,29,34)/b8-4+;8-4-/t2*19-,22-,23+,24+/m11/s1. The van der Waals surface area contributed by atoms with Crippen molar-refractivity contribution in [3.8, 4) is 0 Å². The van der Waals surface area contributed by atoms with Crippen molar-refractivity contribution in [2.75, 3.05) is 67.6 Å². The van der Waals surface area contributed by atoms with Crippen molar-refractivity contribution < 1.29 is 38.2 Å². The Balaban J connectivity index is 0.000000211. The van der Waals surface area contributed by atoms with Gasteiger partial charge < -0.3 is 49.6 Å². The number of rotatable bonds is 16. The maximum absolute atomic E-state index is 14.6. The largest absolute Gasteiger partial charge is 0.396 e. The van der Waals surface area contributed by atoms with Crippen molar-refractivity contribution in [1.82, 2.24) is 39.4 Å². The molecule has 0 radical (unpaired) electrons. The lowest BCUT2D eigenvalue weighted by Gasteiger charge is -2.38. The van der Waals surface area contributed by atoms with E-state index in [2.05, 4.69) is 10.6 Å². The SMILES string of the molecule is C/C=C/c1ccc2n(c1=O)C[C@@H]1[C@@H](CO)[C@H](C(=O)NCCCN(C)C)[C@H]2N1C(=O)c1ccccc1F.C/C=C\c1ccc2n(c1=O)C[C@@H]1[C@@H](CO)[C@H](C(=O)NCCCN(C)C)[C@H]2N1C(=O)c1ccccc1F. The van der Waals surface area contributed by atoms with Crippen LogP contribution in [0.25, 0.3) is 12.2 Å². The molecule has 0 unspecified atom stereocenters. The molecule has 4 aliphatic rings. The predicted octanol–water partition coefficient (Wildman–Crippen LogP) is 3.78. The average molecular weight is 993 g/mol. The molecule has 16 nitrogen and oxygen atoms in total. The molecule has 2 aromatic heterocycles. The number of aliphatic hydroxyl groups excluding tert-OH is 2. The van der Waals surface area contributed by atoms with E-state index in [1.807, 2.05) is 51.8 Å².